The van der Waals surface area contributed by atoms with Gasteiger partial charge in [0.15, 0.2) is 0 Å². The molecule has 1 saturated carbocycles. The van der Waals surface area contributed by atoms with Crippen molar-refractivity contribution in [3.8, 4) is 6.07 Å². The van der Waals surface area contributed by atoms with Crippen LogP contribution in [0.15, 0.2) is 88.7 Å². The first-order valence-electron chi connectivity index (χ1n) is 16.1. The number of nitrogens with zero attached hydrogens (tertiary/aromatic N) is 3. The number of anilines is 1. The van der Waals surface area contributed by atoms with E-state index in [2.05, 4.69) is 21.2 Å². The molecular formula is C36H41FN4O4S. The molecular weight excluding hydrogens is 603 g/mol. The van der Waals surface area contributed by atoms with Crippen LogP contribution in [0.5, 0.6) is 0 Å². The fourth-order valence-electron chi connectivity index (χ4n) is 8.03. The molecule has 3 aromatic rings. The number of carbonyl (C=O) groups is 1. The summed E-state index contributed by atoms with van der Waals surface area (Å²) >= 11 is 0. The molecule has 3 atom stereocenters. The highest BCUT2D eigenvalue weighted by Gasteiger charge is 2.52. The lowest BCUT2D eigenvalue weighted by Gasteiger charge is -2.48. The topological polar surface area (TPSA) is 103 Å². The summed E-state index contributed by atoms with van der Waals surface area (Å²) in [6.07, 6.45) is 3.58. The van der Waals surface area contributed by atoms with Crippen LogP contribution in [0, 0.1) is 34.9 Å². The van der Waals surface area contributed by atoms with Crippen molar-refractivity contribution in [3.05, 3.63) is 90.2 Å². The molecule has 10 heteroatoms. The summed E-state index contributed by atoms with van der Waals surface area (Å²) in [4.78, 5) is 17.5. The standard InChI is InChI=1S/C36H41FN4O4S/c1-45-35(42)39-34-12-6-11-33(34)36(25-38,28-7-5-8-29(37)21-28)27-17-19-40(20-18-27)22-26-23-41(24-26)30-13-15-32(16-14-30)46(43,44)31-9-3-2-4-10-31/h2-5,7-10,13-16,21,26-27,33-34H,6,11-12,17-20,22-24H2,1H3,(H,39,42)/t33-,34-,36-/m0/s1. The molecule has 2 saturated heterocycles. The molecule has 46 heavy (non-hydrogen) atoms. The van der Waals surface area contributed by atoms with Gasteiger partial charge in [-0.2, -0.15) is 5.26 Å². The molecule has 1 amide bonds. The van der Waals surface area contributed by atoms with E-state index in [4.69, 9.17) is 4.74 Å². The van der Waals surface area contributed by atoms with Gasteiger partial charge in [-0.05, 0) is 98.8 Å². The highest BCUT2D eigenvalue weighted by atomic mass is 32.2. The Kier molecular flexibility index (Phi) is 9.34. The van der Waals surface area contributed by atoms with E-state index in [0.717, 1.165) is 70.5 Å². The number of likely N-dealkylation sites (tertiary alicyclic amines) is 1. The van der Waals surface area contributed by atoms with Crippen molar-refractivity contribution in [3.63, 3.8) is 0 Å². The van der Waals surface area contributed by atoms with Gasteiger partial charge in [-0.1, -0.05) is 36.8 Å². The highest BCUT2D eigenvalue weighted by Crippen LogP contribution is 2.50. The molecule has 0 bridgehead atoms. The number of rotatable bonds is 9. The second-order valence-electron chi connectivity index (χ2n) is 12.9. The minimum absolute atomic E-state index is 0.0316. The molecule has 2 heterocycles. The quantitative estimate of drug-likeness (QED) is 0.315. The van der Waals surface area contributed by atoms with Crippen molar-refractivity contribution in [2.45, 2.75) is 53.4 Å². The SMILES string of the molecule is COC(=O)N[C@H]1CCC[C@@H]1[C@](C#N)(c1cccc(F)c1)C1CCN(CC2CN(c3ccc(S(=O)(=O)c4ccccc4)cc3)C2)CC1. The van der Waals surface area contributed by atoms with Crippen molar-refractivity contribution in [1.82, 2.24) is 10.2 Å². The third kappa shape index (κ3) is 6.23. The average molecular weight is 645 g/mol. The van der Waals surface area contributed by atoms with E-state index in [1.54, 1.807) is 48.5 Å². The van der Waals surface area contributed by atoms with Gasteiger partial charge < -0.3 is 19.9 Å². The summed E-state index contributed by atoms with van der Waals surface area (Å²) in [5.74, 6) is 0.0390. The molecule has 0 aromatic heterocycles. The van der Waals surface area contributed by atoms with Gasteiger partial charge in [0.1, 0.15) is 5.82 Å². The molecule has 0 radical (unpaired) electrons. The molecule has 1 N–H and O–H groups in total. The number of methoxy groups -OCH3 is 1. The molecule has 0 spiro atoms. The second-order valence-corrected chi connectivity index (χ2v) is 14.9. The molecule has 242 valence electrons. The summed E-state index contributed by atoms with van der Waals surface area (Å²) in [5, 5.41) is 13.9. The van der Waals surface area contributed by atoms with Crippen LogP contribution >= 0.6 is 0 Å². The lowest BCUT2D eigenvalue weighted by atomic mass is 9.59. The van der Waals surface area contributed by atoms with Crippen LogP contribution in [0.4, 0.5) is 14.9 Å². The predicted molar refractivity (Wildman–Crippen MR) is 174 cm³/mol. The van der Waals surface area contributed by atoms with Gasteiger partial charge in [-0.15, -0.1) is 0 Å². The van der Waals surface area contributed by atoms with E-state index in [1.165, 1.54) is 19.2 Å². The van der Waals surface area contributed by atoms with Crippen LogP contribution in [0.2, 0.25) is 0 Å². The first-order chi connectivity index (χ1) is 22.2. The lowest BCUT2D eigenvalue weighted by molar-refractivity contribution is 0.0938. The Balaban J connectivity index is 1.08. The van der Waals surface area contributed by atoms with Crippen LogP contribution < -0.4 is 10.2 Å². The third-order valence-corrected chi connectivity index (χ3v) is 12.1. The van der Waals surface area contributed by atoms with Gasteiger partial charge >= 0.3 is 6.09 Å². The molecule has 1 aliphatic carbocycles. The fraction of sp³-hybridized carbons (Fsp3) is 0.444. The Morgan fingerprint density at radius 3 is 2.33 bits per heavy atom. The number of benzene rings is 3. The van der Waals surface area contributed by atoms with Gasteiger partial charge in [0, 0.05) is 43.2 Å². The number of halogens is 1. The number of carbonyl (C=O) groups excluding carboxylic acids is 1. The average Bonchev–Trinajstić information content (AvgIpc) is 3.52. The zero-order valence-corrected chi connectivity index (χ0v) is 27.0. The maximum Gasteiger partial charge on any atom is 0.407 e. The van der Waals surface area contributed by atoms with E-state index in [1.807, 2.05) is 18.2 Å². The monoisotopic (exact) mass is 644 g/mol. The second kappa shape index (κ2) is 13.4. The van der Waals surface area contributed by atoms with Crippen molar-refractivity contribution < 1.29 is 22.3 Å². The number of piperidine rings is 1. The van der Waals surface area contributed by atoms with Crippen LogP contribution in [0.25, 0.3) is 0 Å². The number of hydrogen-bond acceptors (Lipinski definition) is 7. The molecule has 3 aromatic carbocycles. The van der Waals surface area contributed by atoms with Crippen molar-refractivity contribution in [2.75, 3.05) is 44.7 Å². The van der Waals surface area contributed by atoms with Crippen LogP contribution in [-0.2, 0) is 20.0 Å². The smallest absolute Gasteiger partial charge is 0.407 e. The predicted octanol–water partition coefficient (Wildman–Crippen LogP) is 5.79. The first kappa shape index (κ1) is 32.0. The first-order valence-corrected chi connectivity index (χ1v) is 17.6. The Labute approximate surface area is 271 Å². The normalized spacial score (nSPS) is 22.4. The van der Waals surface area contributed by atoms with Gasteiger partial charge in [0.2, 0.25) is 9.84 Å². The Morgan fingerprint density at radius 1 is 0.978 bits per heavy atom. The Hall–Kier alpha value is -3.94. The van der Waals surface area contributed by atoms with Gasteiger partial charge in [0.25, 0.3) is 0 Å². The third-order valence-electron chi connectivity index (χ3n) is 10.3. The Bertz CT molecular complexity index is 1670. The molecule has 2 aliphatic heterocycles. The van der Waals surface area contributed by atoms with Crippen molar-refractivity contribution in [2.24, 2.45) is 17.8 Å². The number of ether oxygens (including phenoxy) is 1. The largest absolute Gasteiger partial charge is 0.453 e. The molecule has 8 nitrogen and oxygen atoms in total. The van der Waals surface area contributed by atoms with E-state index < -0.39 is 21.3 Å². The van der Waals surface area contributed by atoms with Gasteiger partial charge in [-0.25, -0.2) is 17.6 Å². The minimum atomic E-state index is -3.54. The molecule has 3 fully saturated rings. The molecule has 6 rings (SSSR count). The summed E-state index contributed by atoms with van der Waals surface area (Å²) in [5.41, 5.74) is 0.806. The molecule has 0 unspecified atom stereocenters. The zero-order valence-electron chi connectivity index (χ0n) is 26.1. The van der Waals surface area contributed by atoms with Gasteiger partial charge in [0.05, 0.1) is 28.4 Å². The van der Waals surface area contributed by atoms with E-state index in [9.17, 15) is 22.9 Å². The lowest BCUT2D eigenvalue weighted by Crippen LogP contribution is -2.55. The van der Waals surface area contributed by atoms with E-state index in [-0.39, 0.29) is 23.7 Å². The Morgan fingerprint density at radius 2 is 1.67 bits per heavy atom. The van der Waals surface area contributed by atoms with Crippen LogP contribution in [0.3, 0.4) is 0 Å². The fourth-order valence-corrected chi connectivity index (χ4v) is 9.31. The number of amides is 1. The van der Waals surface area contributed by atoms with Crippen LogP contribution in [0.1, 0.15) is 37.7 Å². The van der Waals surface area contributed by atoms with Crippen LogP contribution in [-0.4, -0.2) is 65.3 Å². The number of sulfone groups is 1. The number of alkyl carbamates (subject to hydrolysis) is 1. The summed E-state index contributed by atoms with van der Waals surface area (Å²) < 4.78 is 45.3. The maximum absolute atomic E-state index is 14.6. The maximum atomic E-state index is 14.6. The molecule has 3 aliphatic rings. The van der Waals surface area contributed by atoms with E-state index >= 15 is 0 Å². The van der Waals surface area contributed by atoms with Gasteiger partial charge in [-0.3, -0.25) is 0 Å². The van der Waals surface area contributed by atoms with Crippen molar-refractivity contribution in [1.29, 1.82) is 5.26 Å². The number of nitriles is 1. The highest BCUT2D eigenvalue weighted by molar-refractivity contribution is 7.91. The minimum Gasteiger partial charge on any atom is -0.453 e. The summed E-state index contributed by atoms with van der Waals surface area (Å²) in [6.45, 7) is 4.47. The summed E-state index contributed by atoms with van der Waals surface area (Å²) in [7, 11) is -2.20. The summed E-state index contributed by atoms with van der Waals surface area (Å²) in [6, 6.07) is 24.6. The van der Waals surface area contributed by atoms with Crippen molar-refractivity contribution >= 4 is 21.6 Å². The van der Waals surface area contributed by atoms with E-state index in [0.29, 0.717) is 21.3 Å². The zero-order chi connectivity index (χ0) is 32.3. The number of nitrogens with one attached hydrogen (secondary N) is 1. The number of hydrogen-bond donors (Lipinski definition) is 1.